The maximum absolute atomic E-state index is 12.2. The molecule has 5 nitrogen and oxygen atoms in total. The molecule has 0 aliphatic carbocycles. The lowest BCUT2D eigenvalue weighted by Crippen LogP contribution is -2.33. The second-order valence-electron chi connectivity index (χ2n) is 6.58. The summed E-state index contributed by atoms with van der Waals surface area (Å²) in [5, 5.41) is 2.98. The first-order valence-corrected chi connectivity index (χ1v) is 8.61. The lowest BCUT2D eigenvalue weighted by molar-refractivity contribution is -0.116. The first kappa shape index (κ1) is 18.0. The van der Waals surface area contributed by atoms with E-state index in [2.05, 4.69) is 41.4 Å². The van der Waals surface area contributed by atoms with Gasteiger partial charge in [0.1, 0.15) is 0 Å². The highest BCUT2D eigenvalue weighted by atomic mass is 16.7. The van der Waals surface area contributed by atoms with Gasteiger partial charge >= 0.3 is 0 Å². The Morgan fingerprint density at radius 3 is 2.62 bits per heavy atom. The highest BCUT2D eigenvalue weighted by Crippen LogP contribution is 2.32. The van der Waals surface area contributed by atoms with Gasteiger partial charge in [0.05, 0.1) is 6.04 Å². The lowest BCUT2D eigenvalue weighted by atomic mass is 10.0. The molecule has 26 heavy (non-hydrogen) atoms. The van der Waals surface area contributed by atoms with Gasteiger partial charge in [0.15, 0.2) is 11.5 Å². The van der Waals surface area contributed by atoms with Crippen molar-refractivity contribution >= 4 is 12.0 Å². The lowest BCUT2D eigenvalue weighted by Gasteiger charge is -2.25. The van der Waals surface area contributed by atoms with E-state index in [-0.39, 0.29) is 18.7 Å². The molecule has 2 aromatic carbocycles. The van der Waals surface area contributed by atoms with E-state index in [4.69, 9.17) is 9.47 Å². The first-order valence-electron chi connectivity index (χ1n) is 8.61. The topological polar surface area (TPSA) is 50.8 Å². The summed E-state index contributed by atoms with van der Waals surface area (Å²) in [6, 6.07) is 14.1. The van der Waals surface area contributed by atoms with E-state index in [9.17, 15) is 4.79 Å². The molecule has 136 valence electrons. The van der Waals surface area contributed by atoms with Crippen molar-refractivity contribution < 1.29 is 14.3 Å². The Morgan fingerprint density at radius 1 is 1.15 bits per heavy atom. The van der Waals surface area contributed by atoms with E-state index in [1.807, 2.05) is 32.3 Å². The minimum atomic E-state index is -0.123. The van der Waals surface area contributed by atoms with Crippen molar-refractivity contribution in [2.24, 2.45) is 0 Å². The quantitative estimate of drug-likeness (QED) is 0.812. The zero-order valence-corrected chi connectivity index (χ0v) is 15.4. The number of fused-ring (bicyclic) bond motifs is 1. The molecule has 1 unspecified atom stereocenters. The van der Waals surface area contributed by atoms with Crippen LogP contribution in [0.15, 0.2) is 48.5 Å². The van der Waals surface area contributed by atoms with Crippen LogP contribution in [0, 0.1) is 6.92 Å². The van der Waals surface area contributed by atoms with Crippen molar-refractivity contribution in [3.8, 4) is 11.5 Å². The molecule has 5 heteroatoms. The molecule has 0 saturated carbocycles. The van der Waals surface area contributed by atoms with Crippen molar-refractivity contribution in [1.82, 2.24) is 10.2 Å². The number of hydrogen-bond acceptors (Lipinski definition) is 4. The number of aryl methyl sites for hydroxylation is 1. The smallest absolute Gasteiger partial charge is 0.244 e. The molecule has 0 spiro atoms. The van der Waals surface area contributed by atoms with Gasteiger partial charge in [-0.3, -0.25) is 4.79 Å². The number of likely N-dealkylation sites (N-methyl/N-ethyl adjacent to an activating group) is 1. The van der Waals surface area contributed by atoms with Crippen LogP contribution in [0.4, 0.5) is 0 Å². The molecule has 1 aliphatic heterocycles. The van der Waals surface area contributed by atoms with Crippen LogP contribution in [-0.2, 0) is 4.79 Å². The van der Waals surface area contributed by atoms with Crippen LogP contribution in [0.3, 0.4) is 0 Å². The van der Waals surface area contributed by atoms with Crippen LogP contribution in [0.1, 0.15) is 22.7 Å². The van der Waals surface area contributed by atoms with E-state index in [1.54, 1.807) is 12.2 Å². The van der Waals surface area contributed by atoms with Crippen molar-refractivity contribution in [3.05, 3.63) is 65.2 Å². The van der Waals surface area contributed by atoms with Gasteiger partial charge in [0.25, 0.3) is 0 Å². The molecule has 0 radical (unpaired) electrons. The Balaban J connectivity index is 1.59. The Bertz CT molecular complexity index is 797. The SMILES string of the molecule is Cc1ccc(C(CNC(=O)/C=C/c2ccc3c(c2)OCO3)N(C)C)cc1. The monoisotopic (exact) mass is 352 g/mol. The number of carbonyl (C=O) groups excluding carboxylic acids is 1. The van der Waals surface area contributed by atoms with Gasteiger partial charge in [-0.25, -0.2) is 0 Å². The molecular formula is C21H24N2O3. The Labute approximate surface area is 154 Å². The number of rotatable bonds is 6. The zero-order chi connectivity index (χ0) is 18.5. The number of carbonyl (C=O) groups is 1. The molecule has 0 bridgehead atoms. The molecule has 0 saturated heterocycles. The third kappa shape index (κ3) is 4.43. The molecule has 0 fully saturated rings. The number of nitrogens with one attached hydrogen (secondary N) is 1. The molecule has 3 rings (SSSR count). The third-order valence-electron chi connectivity index (χ3n) is 4.38. The molecule has 1 atom stereocenters. The summed E-state index contributed by atoms with van der Waals surface area (Å²) in [7, 11) is 4.03. The van der Waals surface area contributed by atoms with Gasteiger partial charge in [-0.2, -0.15) is 0 Å². The van der Waals surface area contributed by atoms with Gasteiger partial charge in [-0.05, 0) is 50.4 Å². The summed E-state index contributed by atoms with van der Waals surface area (Å²) in [6.07, 6.45) is 3.31. The Hall–Kier alpha value is -2.79. The number of ether oxygens (including phenoxy) is 2. The first-order chi connectivity index (χ1) is 12.5. The average molecular weight is 352 g/mol. The normalized spacial score (nSPS) is 14.0. The number of benzene rings is 2. The van der Waals surface area contributed by atoms with E-state index in [0.717, 1.165) is 11.3 Å². The molecule has 0 aromatic heterocycles. The van der Waals surface area contributed by atoms with E-state index < -0.39 is 0 Å². The molecule has 1 N–H and O–H groups in total. The fraction of sp³-hybridized carbons (Fsp3) is 0.286. The van der Waals surface area contributed by atoms with Gasteiger partial charge in [-0.15, -0.1) is 0 Å². The van der Waals surface area contributed by atoms with Gasteiger partial charge in [0, 0.05) is 12.6 Å². The minimum absolute atomic E-state index is 0.123. The summed E-state index contributed by atoms with van der Waals surface area (Å²) in [6.45, 7) is 2.85. The van der Waals surface area contributed by atoms with Crippen molar-refractivity contribution in [3.63, 3.8) is 0 Å². The summed E-state index contributed by atoms with van der Waals surface area (Å²) in [5.41, 5.74) is 3.30. The van der Waals surface area contributed by atoms with Crippen LogP contribution in [0.2, 0.25) is 0 Å². The van der Waals surface area contributed by atoms with E-state index >= 15 is 0 Å². The molecule has 1 heterocycles. The van der Waals surface area contributed by atoms with E-state index in [0.29, 0.717) is 12.3 Å². The van der Waals surface area contributed by atoms with Crippen LogP contribution < -0.4 is 14.8 Å². The number of amides is 1. The number of nitrogens with zero attached hydrogens (tertiary/aromatic N) is 1. The van der Waals surface area contributed by atoms with Gasteiger partial charge in [0.2, 0.25) is 12.7 Å². The molecular weight excluding hydrogens is 328 g/mol. The fourth-order valence-electron chi connectivity index (χ4n) is 2.83. The molecule has 1 amide bonds. The van der Waals surface area contributed by atoms with E-state index in [1.165, 1.54) is 11.1 Å². The van der Waals surface area contributed by atoms with Crippen LogP contribution in [0.5, 0.6) is 11.5 Å². The summed E-state index contributed by atoms with van der Waals surface area (Å²) >= 11 is 0. The summed E-state index contributed by atoms with van der Waals surface area (Å²) in [4.78, 5) is 14.3. The van der Waals surface area contributed by atoms with Crippen LogP contribution in [0.25, 0.3) is 6.08 Å². The highest BCUT2D eigenvalue weighted by molar-refractivity contribution is 5.91. The largest absolute Gasteiger partial charge is 0.454 e. The van der Waals surface area contributed by atoms with Crippen molar-refractivity contribution in [1.29, 1.82) is 0 Å². The number of hydrogen-bond donors (Lipinski definition) is 1. The van der Waals surface area contributed by atoms with Crippen LogP contribution in [-0.4, -0.2) is 38.2 Å². The van der Waals surface area contributed by atoms with Gasteiger partial charge in [-0.1, -0.05) is 35.9 Å². The maximum Gasteiger partial charge on any atom is 0.244 e. The van der Waals surface area contributed by atoms with Gasteiger partial charge < -0.3 is 19.7 Å². The van der Waals surface area contributed by atoms with Crippen LogP contribution >= 0.6 is 0 Å². The van der Waals surface area contributed by atoms with Crippen molar-refractivity contribution in [2.75, 3.05) is 27.4 Å². The fourth-order valence-corrected chi connectivity index (χ4v) is 2.83. The predicted octanol–water partition coefficient (Wildman–Crippen LogP) is 3.16. The Kier molecular flexibility index (Phi) is 5.58. The summed E-state index contributed by atoms with van der Waals surface area (Å²) < 4.78 is 10.6. The zero-order valence-electron chi connectivity index (χ0n) is 15.4. The highest BCUT2D eigenvalue weighted by Gasteiger charge is 2.15. The third-order valence-corrected chi connectivity index (χ3v) is 4.38. The second-order valence-corrected chi connectivity index (χ2v) is 6.58. The summed E-state index contributed by atoms with van der Waals surface area (Å²) in [5.74, 6) is 1.32. The standard InChI is InChI=1S/C21H24N2O3/c1-15-4-8-17(9-5-15)18(23(2)3)13-22-21(24)11-7-16-6-10-19-20(12-16)26-14-25-19/h4-12,18H,13-14H2,1-3H3,(H,22,24)/b11-7+. The predicted molar refractivity (Wildman–Crippen MR) is 102 cm³/mol. The maximum atomic E-state index is 12.2. The molecule has 2 aromatic rings. The minimum Gasteiger partial charge on any atom is -0.454 e. The Morgan fingerprint density at radius 2 is 1.88 bits per heavy atom. The second kappa shape index (κ2) is 8.06. The average Bonchev–Trinajstić information content (AvgIpc) is 3.09. The van der Waals surface area contributed by atoms with Crippen molar-refractivity contribution in [2.45, 2.75) is 13.0 Å². The molecule has 1 aliphatic rings.